The Kier molecular flexibility index (Phi) is 3.16. The molecule has 20 heavy (non-hydrogen) atoms. The van der Waals surface area contributed by atoms with Crippen LogP contribution in [0.1, 0.15) is 5.56 Å². The van der Waals surface area contributed by atoms with Crippen molar-refractivity contribution in [2.45, 2.75) is 6.54 Å². The fourth-order valence-corrected chi connectivity index (χ4v) is 2.44. The molecule has 0 fully saturated rings. The summed E-state index contributed by atoms with van der Waals surface area (Å²) in [6.07, 6.45) is 0. The van der Waals surface area contributed by atoms with Crippen molar-refractivity contribution in [3.63, 3.8) is 0 Å². The van der Waals surface area contributed by atoms with Crippen LogP contribution in [0.4, 0.5) is 5.69 Å². The van der Waals surface area contributed by atoms with Gasteiger partial charge < -0.3 is 10.6 Å². The van der Waals surface area contributed by atoms with E-state index in [0.29, 0.717) is 0 Å². The summed E-state index contributed by atoms with van der Waals surface area (Å²) in [4.78, 5) is 2.15. The second-order valence-corrected chi connectivity index (χ2v) is 5.28. The second kappa shape index (κ2) is 4.98. The molecule has 1 aromatic heterocycles. The van der Waals surface area contributed by atoms with Gasteiger partial charge in [0.25, 0.3) is 0 Å². The van der Waals surface area contributed by atoms with Crippen LogP contribution in [-0.2, 0) is 6.54 Å². The number of hydrogen-bond donors (Lipinski definition) is 2. The minimum atomic E-state index is 0.753. The summed E-state index contributed by atoms with van der Waals surface area (Å²) >= 11 is 0. The number of benzene rings is 2. The Labute approximate surface area is 118 Å². The minimum absolute atomic E-state index is 0.753. The average molecular weight is 266 g/mol. The number of nitrogens with two attached hydrogens (primary N) is 1. The summed E-state index contributed by atoms with van der Waals surface area (Å²) < 4.78 is 0. The molecule has 0 atom stereocenters. The van der Waals surface area contributed by atoms with Gasteiger partial charge in [-0.3, -0.25) is 5.10 Å². The smallest absolute Gasteiger partial charge is 0.102 e. The number of aromatic amines is 1. The number of nitrogen functional groups attached to an aromatic ring is 1. The van der Waals surface area contributed by atoms with Gasteiger partial charge in [-0.15, -0.1) is 0 Å². The van der Waals surface area contributed by atoms with Crippen molar-refractivity contribution in [3.05, 3.63) is 48.0 Å². The summed E-state index contributed by atoms with van der Waals surface area (Å²) in [5.41, 5.74) is 11.1. The summed E-state index contributed by atoms with van der Waals surface area (Å²) in [7, 11) is 4.13. The maximum Gasteiger partial charge on any atom is 0.102 e. The first kappa shape index (κ1) is 12.7. The van der Waals surface area contributed by atoms with Crippen LogP contribution in [0, 0.1) is 0 Å². The van der Waals surface area contributed by atoms with Crippen molar-refractivity contribution in [2.24, 2.45) is 0 Å². The van der Waals surface area contributed by atoms with Gasteiger partial charge in [0.15, 0.2) is 0 Å². The standard InChI is InChI=1S/C16H18N4/c1-20(2)10-11-6-8-12(9-7-11)16-15-13(17)4-3-5-14(15)18-19-16/h3-9H,10,17H2,1-2H3,(H,18,19). The Morgan fingerprint density at radius 1 is 1.10 bits per heavy atom. The van der Waals surface area contributed by atoms with E-state index in [1.807, 2.05) is 18.2 Å². The molecule has 0 saturated heterocycles. The van der Waals surface area contributed by atoms with Gasteiger partial charge in [-0.05, 0) is 31.8 Å². The number of rotatable bonds is 3. The summed E-state index contributed by atoms with van der Waals surface area (Å²) in [5.74, 6) is 0. The Hall–Kier alpha value is -2.33. The maximum atomic E-state index is 6.07. The van der Waals surface area contributed by atoms with Gasteiger partial charge in [0.1, 0.15) is 5.69 Å². The third-order valence-corrected chi connectivity index (χ3v) is 3.35. The van der Waals surface area contributed by atoms with Gasteiger partial charge in [-0.25, -0.2) is 0 Å². The van der Waals surface area contributed by atoms with Gasteiger partial charge in [0.2, 0.25) is 0 Å². The van der Waals surface area contributed by atoms with Gasteiger partial charge in [-0.1, -0.05) is 30.3 Å². The van der Waals surface area contributed by atoms with Gasteiger partial charge in [0.05, 0.1) is 10.9 Å². The van der Waals surface area contributed by atoms with Crippen LogP contribution in [0.2, 0.25) is 0 Å². The predicted molar refractivity (Wildman–Crippen MR) is 83.3 cm³/mol. The SMILES string of the molecule is CN(C)Cc1ccc(-c2n[nH]c3cccc(N)c23)cc1. The number of H-pyrrole nitrogens is 1. The summed E-state index contributed by atoms with van der Waals surface area (Å²) in [5, 5.41) is 8.43. The van der Waals surface area contributed by atoms with Crippen LogP contribution in [0.15, 0.2) is 42.5 Å². The fourth-order valence-electron chi connectivity index (χ4n) is 2.44. The highest BCUT2D eigenvalue weighted by Gasteiger charge is 2.10. The molecule has 0 aliphatic carbocycles. The third kappa shape index (κ3) is 2.26. The van der Waals surface area contributed by atoms with Crippen molar-refractivity contribution in [2.75, 3.05) is 19.8 Å². The van der Waals surface area contributed by atoms with Crippen molar-refractivity contribution in [1.82, 2.24) is 15.1 Å². The quantitative estimate of drug-likeness (QED) is 0.717. The summed E-state index contributed by atoms with van der Waals surface area (Å²) in [6, 6.07) is 14.3. The van der Waals surface area contributed by atoms with Crippen molar-refractivity contribution < 1.29 is 0 Å². The lowest BCUT2D eigenvalue weighted by Gasteiger charge is -2.09. The molecule has 0 saturated carbocycles. The maximum absolute atomic E-state index is 6.07. The molecule has 3 rings (SSSR count). The van der Waals surface area contributed by atoms with E-state index in [2.05, 4.69) is 53.5 Å². The molecular weight excluding hydrogens is 248 g/mol. The lowest BCUT2D eigenvalue weighted by Crippen LogP contribution is -2.10. The summed E-state index contributed by atoms with van der Waals surface area (Å²) in [6.45, 7) is 0.934. The Balaban J connectivity index is 2.03. The first-order valence-corrected chi connectivity index (χ1v) is 6.62. The van der Waals surface area contributed by atoms with E-state index in [-0.39, 0.29) is 0 Å². The second-order valence-electron chi connectivity index (χ2n) is 5.28. The largest absolute Gasteiger partial charge is 0.398 e. The van der Waals surface area contributed by atoms with E-state index in [1.165, 1.54) is 5.56 Å². The number of anilines is 1. The molecule has 0 radical (unpaired) electrons. The van der Waals surface area contributed by atoms with E-state index >= 15 is 0 Å². The van der Waals surface area contributed by atoms with E-state index in [4.69, 9.17) is 5.73 Å². The molecule has 0 amide bonds. The number of fused-ring (bicyclic) bond motifs is 1. The monoisotopic (exact) mass is 266 g/mol. The molecule has 0 aliphatic heterocycles. The van der Waals surface area contributed by atoms with Crippen molar-refractivity contribution in [1.29, 1.82) is 0 Å². The molecule has 0 bridgehead atoms. The van der Waals surface area contributed by atoms with Crippen LogP contribution < -0.4 is 5.73 Å². The Morgan fingerprint density at radius 2 is 1.85 bits per heavy atom. The minimum Gasteiger partial charge on any atom is -0.398 e. The van der Waals surface area contributed by atoms with E-state index in [0.717, 1.165) is 34.4 Å². The van der Waals surface area contributed by atoms with Crippen LogP contribution in [0.5, 0.6) is 0 Å². The van der Waals surface area contributed by atoms with Crippen molar-refractivity contribution >= 4 is 16.6 Å². The van der Waals surface area contributed by atoms with Gasteiger partial charge in [-0.2, -0.15) is 5.10 Å². The molecule has 3 N–H and O–H groups in total. The first-order valence-electron chi connectivity index (χ1n) is 6.62. The molecule has 2 aromatic carbocycles. The van der Waals surface area contributed by atoms with E-state index < -0.39 is 0 Å². The highest BCUT2D eigenvalue weighted by Crippen LogP contribution is 2.30. The fraction of sp³-hybridized carbons (Fsp3) is 0.188. The Bertz CT molecular complexity index is 726. The molecule has 4 nitrogen and oxygen atoms in total. The highest BCUT2D eigenvalue weighted by atomic mass is 15.1. The topological polar surface area (TPSA) is 57.9 Å². The van der Waals surface area contributed by atoms with E-state index in [9.17, 15) is 0 Å². The third-order valence-electron chi connectivity index (χ3n) is 3.35. The molecule has 102 valence electrons. The van der Waals surface area contributed by atoms with Crippen LogP contribution >= 0.6 is 0 Å². The van der Waals surface area contributed by atoms with Crippen LogP contribution in [-0.4, -0.2) is 29.2 Å². The van der Waals surface area contributed by atoms with Crippen molar-refractivity contribution in [3.8, 4) is 11.3 Å². The van der Waals surface area contributed by atoms with Crippen LogP contribution in [0.25, 0.3) is 22.2 Å². The first-order chi connectivity index (χ1) is 9.65. The number of nitrogens with zero attached hydrogens (tertiary/aromatic N) is 2. The Morgan fingerprint density at radius 3 is 2.55 bits per heavy atom. The zero-order chi connectivity index (χ0) is 14.1. The molecule has 1 heterocycles. The van der Waals surface area contributed by atoms with Crippen LogP contribution in [0.3, 0.4) is 0 Å². The number of aromatic nitrogens is 2. The zero-order valence-electron chi connectivity index (χ0n) is 11.7. The zero-order valence-corrected chi connectivity index (χ0v) is 11.7. The molecule has 0 spiro atoms. The number of hydrogen-bond acceptors (Lipinski definition) is 3. The van der Waals surface area contributed by atoms with Gasteiger partial charge in [0, 0.05) is 17.8 Å². The number of nitrogens with one attached hydrogen (secondary N) is 1. The molecule has 0 unspecified atom stereocenters. The van der Waals surface area contributed by atoms with E-state index in [1.54, 1.807) is 0 Å². The lowest BCUT2D eigenvalue weighted by atomic mass is 10.0. The lowest BCUT2D eigenvalue weighted by molar-refractivity contribution is 0.402. The van der Waals surface area contributed by atoms with Gasteiger partial charge >= 0.3 is 0 Å². The molecular formula is C16H18N4. The average Bonchev–Trinajstić information content (AvgIpc) is 2.84. The highest BCUT2D eigenvalue weighted by molar-refractivity contribution is 6.01. The molecule has 3 aromatic rings. The predicted octanol–water partition coefficient (Wildman–Crippen LogP) is 2.87. The normalized spacial score (nSPS) is 11.3. The molecule has 0 aliphatic rings. The molecule has 4 heteroatoms.